The van der Waals surface area contributed by atoms with Crippen molar-refractivity contribution in [2.24, 2.45) is 17.8 Å². The van der Waals surface area contributed by atoms with E-state index in [2.05, 4.69) is 31.1 Å². The van der Waals surface area contributed by atoms with E-state index in [1.54, 1.807) is 0 Å². The van der Waals surface area contributed by atoms with Crippen molar-refractivity contribution in [3.8, 4) is 0 Å². The SMILES string of the molecule is CNC1CC(C)CC(C)C1CN1CCC(O)CC1. The zero-order valence-electron chi connectivity index (χ0n) is 12.2. The quantitative estimate of drug-likeness (QED) is 0.805. The van der Waals surface area contributed by atoms with Crippen molar-refractivity contribution in [2.45, 2.75) is 51.7 Å². The second kappa shape index (κ2) is 6.36. The molecule has 1 aliphatic carbocycles. The highest BCUT2D eigenvalue weighted by atomic mass is 16.3. The van der Waals surface area contributed by atoms with Crippen LogP contribution in [0.4, 0.5) is 0 Å². The van der Waals surface area contributed by atoms with E-state index in [1.807, 2.05) is 0 Å². The highest BCUT2D eigenvalue weighted by Gasteiger charge is 2.34. The first-order valence-electron chi connectivity index (χ1n) is 7.67. The number of aliphatic hydroxyl groups excluding tert-OH is 1. The molecule has 1 saturated carbocycles. The third-order valence-electron chi connectivity index (χ3n) is 5.08. The first-order chi connectivity index (χ1) is 8.60. The molecular formula is C15H30N2O. The van der Waals surface area contributed by atoms with Crippen molar-refractivity contribution in [3.05, 3.63) is 0 Å². The first-order valence-corrected chi connectivity index (χ1v) is 7.67. The summed E-state index contributed by atoms with van der Waals surface area (Å²) in [4.78, 5) is 2.56. The van der Waals surface area contributed by atoms with Gasteiger partial charge in [-0.15, -0.1) is 0 Å². The summed E-state index contributed by atoms with van der Waals surface area (Å²) in [5.74, 6) is 2.45. The van der Waals surface area contributed by atoms with Crippen molar-refractivity contribution in [1.29, 1.82) is 0 Å². The lowest BCUT2D eigenvalue weighted by Gasteiger charge is -2.43. The van der Waals surface area contributed by atoms with Gasteiger partial charge >= 0.3 is 0 Å². The Hall–Kier alpha value is -0.120. The van der Waals surface area contributed by atoms with Crippen LogP contribution in [0.2, 0.25) is 0 Å². The molecule has 0 aromatic heterocycles. The lowest BCUT2D eigenvalue weighted by Crippen LogP contribution is -2.49. The standard InChI is InChI=1S/C15H30N2O/c1-11-8-12(2)14(15(9-11)16-3)10-17-6-4-13(18)5-7-17/h11-16,18H,4-10H2,1-3H3. The van der Waals surface area contributed by atoms with E-state index >= 15 is 0 Å². The summed E-state index contributed by atoms with van der Waals surface area (Å²) in [7, 11) is 2.11. The predicted molar refractivity (Wildman–Crippen MR) is 75.6 cm³/mol. The molecule has 0 spiro atoms. The average molecular weight is 254 g/mol. The normalized spacial score (nSPS) is 40.0. The summed E-state index contributed by atoms with van der Waals surface area (Å²) in [6, 6.07) is 0.676. The molecule has 0 aromatic rings. The minimum atomic E-state index is -0.0508. The largest absolute Gasteiger partial charge is 0.393 e. The van der Waals surface area contributed by atoms with Crippen molar-refractivity contribution in [2.75, 3.05) is 26.7 Å². The van der Waals surface area contributed by atoms with Crippen molar-refractivity contribution in [1.82, 2.24) is 10.2 Å². The zero-order chi connectivity index (χ0) is 13.1. The molecule has 0 amide bonds. The molecule has 0 aromatic carbocycles. The Labute approximate surface area is 112 Å². The molecule has 2 fully saturated rings. The molecule has 2 N–H and O–H groups in total. The van der Waals surface area contributed by atoms with Gasteiger partial charge in [-0.3, -0.25) is 0 Å². The van der Waals surface area contributed by atoms with E-state index in [0.717, 1.165) is 43.7 Å². The zero-order valence-corrected chi connectivity index (χ0v) is 12.2. The molecule has 2 aliphatic rings. The lowest BCUT2D eigenvalue weighted by atomic mass is 9.72. The molecule has 1 aliphatic heterocycles. The third-order valence-corrected chi connectivity index (χ3v) is 5.08. The van der Waals surface area contributed by atoms with Crippen LogP contribution in [0.25, 0.3) is 0 Å². The molecule has 1 heterocycles. The number of hydrogen-bond donors (Lipinski definition) is 2. The summed E-state index contributed by atoms with van der Waals surface area (Å²) in [6.45, 7) is 8.18. The van der Waals surface area contributed by atoms with Crippen LogP contribution in [0.15, 0.2) is 0 Å². The topological polar surface area (TPSA) is 35.5 Å². The highest BCUT2D eigenvalue weighted by molar-refractivity contribution is 4.89. The number of nitrogens with zero attached hydrogens (tertiary/aromatic N) is 1. The van der Waals surface area contributed by atoms with E-state index in [-0.39, 0.29) is 6.10 Å². The maximum absolute atomic E-state index is 9.58. The van der Waals surface area contributed by atoms with E-state index in [1.165, 1.54) is 19.4 Å². The third kappa shape index (κ3) is 3.46. The summed E-state index contributed by atoms with van der Waals surface area (Å²) in [5, 5.41) is 13.1. The van der Waals surface area contributed by atoms with Crippen LogP contribution in [-0.2, 0) is 0 Å². The molecule has 1 saturated heterocycles. The fourth-order valence-electron chi connectivity index (χ4n) is 3.95. The van der Waals surface area contributed by atoms with Gasteiger partial charge in [0.05, 0.1) is 6.10 Å². The van der Waals surface area contributed by atoms with E-state index < -0.39 is 0 Å². The molecule has 0 bridgehead atoms. The van der Waals surface area contributed by atoms with Crippen LogP contribution >= 0.6 is 0 Å². The fraction of sp³-hybridized carbons (Fsp3) is 1.00. The van der Waals surface area contributed by atoms with Gasteiger partial charge in [0.2, 0.25) is 0 Å². The Morgan fingerprint density at radius 2 is 1.83 bits per heavy atom. The first kappa shape index (κ1) is 14.3. The van der Waals surface area contributed by atoms with Crippen LogP contribution in [0.3, 0.4) is 0 Å². The number of hydrogen-bond acceptors (Lipinski definition) is 3. The maximum atomic E-state index is 9.58. The summed E-state index contributed by atoms with van der Waals surface area (Å²) in [5.41, 5.74) is 0. The van der Waals surface area contributed by atoms with Crippen LogP contribution in [0.5, 0.6) is 0 Å². The van der Waals surface area contributed by atoms with E-state index in [4.69, 9.17) is 0 Å². The minimum absolute atomic E-state index is 0.0508. The Morgan fingerprint density at radius 1 is 1.17 bits per heavy atom. The van der Waals surface area contributed by atoms with Gasteiger partial charge in [0.15, 0.2) is 0 Å². The average Bonchev–Trinajstić information content (AvgIpc) is 2.34. The molecule has 4 atom stereocenters. The number of aliphatic hydroxyl groups is 1. The smallest absolute Gasteiger partial charge is 0.0564 e. The van der Waals surface area contributed by atoms with E-state index in [0.29, 0.717) is 6.04 Å². The molecule has 3 heteroatoms. The summed E-state index contributed by atoms with van der Waals surface area (Å²) < 4.78 is 0. The van der Waals surface area contributed by atoms with Crippen LogP contribution in [0, 0.1) is 17.8 Å². The fourth-order valence-corrected chi connectivity index (χ4v) is 3.95. The number of nitrogens with one attached hydrogen (secondary N) is 1. The van der Waals surface area contributed by atoms with Crippen LogP contribution in [0.1, 0.15) is 39.5 Å². The molecular weight excluding hydrogens is 224 g/mol. The summed E-state index contributed by atoms with van der Waals surface area (Å²) >= 11 is 0. The Bertz CT molecular complexity index is 251. The van der Waals surface area contributed by atoms with Gasteiger partial charge in [-0.05, 0) is 50.5 Å². The van der Waals surface area contributed by atoms with Gasteiger partial charge in [0.1, 0.15) is 0 Å². The second-order valence-corrected chi connectivity index (χ2v) is 6.64. The van der Waals surface area contributed by atoms with E-state index in [9.17, 15) is 5.11 Å². The molecule has 106 valence electrons. The van der Waals surface area contributed by atoms with Gasteiger partial charge in [-0.25, -0.2) is 0 Å². The van der Waals surface area contributed by atoms with Crippen LogP contribution in [-0.4, -0.2) is 48.8 Å². The van der Waals surface area contributed by atoms with Crippen molar-refractivity contribution >= 4 is 0 Å². The van der Waals surface area contributed by atoms with Gasteiger partial charge in [-0.1, -0.05) is 13.8 Å². The predicted octanol–water partition coefficient (Wildman–Crippen LogP) is 1.71. The van der Waals surface area contributed by atoms with Gasteiger partial charge in [0.25, 0.3) is 0 Å². The van der Waals surface area contributed by atoms with Gasteiger partial charge in [-0.2, -0.15) is 0 Å². The van der Waals surface area contributed by atoms with Gasteiger partial charge < -0.3 is 15.3 Å². The lowest BCUT2D eigenvalue weighted by molar-refractivity contribution is 0.0503. The van der Waals surface area contributed by atoms with Crippen molar-refractivity contribution < 1.29 is 5.11 Å². The van der Waals surface area contributed by atoms with Gasteiger partial charge in [0, 0.05) is 25.7 Å². The number of piperidine rings is 1. The monoisotopic (exact) mass is 254 g/mol. The molecule has 4 unspecified atom stereocenters. The number of likely N-dealkylation sites (tertiary alicyclic amines) is 1. The molecule has 3 nitrogen and oxygen atoms in total. The molecule has 0 radical (unpaired) electrons. The molecule has 18 heavy (non-hydrogen) atoms. The maximum Gasteiger partial charge on any atom is 0.0564 e. The Balaban J connectivity index is 1.89. The second-order valence-electron chi connectivity index (χ2n) is 6.64. The minimum Gasteiger partial charge on any atom is -0.393 e. The summed E-state index contributed by atoms with van der Waals surface area (Å²) in [6.07, 6.45) is 4.57. The highest BCUT2D eigenvalue weighted by Crippen LogP contribution is 2.34. The molecule has 2 rings (SSSR count). The Kier molecular flexibility index (Phi) is 5.05. The van der Waals surface area contributed by atoms with Crippen molar-refractivity contribution in [3.63, 3.8) is 0 Å². The number of rotatable bonds is 3. The van der Waals surface area contributed by atoms with Crippen LogP contribution < -0.4 is 5.32 Å². The Morgan fingerprint density at radius 3 is 2.44 bits per heavy atom.